The zero-order valence-corrected chi connectivity index (χ0v) is 7.66. The third-order valence-electron chi connectivity index (χ3n) is 2.12. The first-order valence-electron chi connectivity index (χ1n) is 4.62. The molecule has 1 aromatic carbocycles. The van der Waals surface area contributed by atoms with Gasteiger partial charge in [0.1, 0.15) is 6.10 Å². The maximum absolute atomic E-state index is 5.31. The van der Waals surface area contributed by atoms with Crippen LogP contribution >= 0.6 is 0 Å². The Kier molecular flexibility index (Phi) is 2.33. The van der Waals surface area contributed by atoms with Crippen molar-refractivity contribution in [3.05, 3.63) is 35.9 Å². The Morgan fingerprint density at radius 2 is 2.08 bits per heavy atom. The lowest BCUT2D eigenvalue weighted by molar-refractivity contribution is 0.387. The molecular formula is C12H12O. The van der Waals surface area contributed by atoms with E-state index in [1.165, 1.54) is 0 Å². The van der Waals surface area contributed by atoms with Crippen LogP contribution in [-0.2, 0) is 4.74 Å². The van der Waals surface area contributed by atoms with E-state index in [0.717, 1.165) is 12.0 Å². The number of hydrogen-bond acceptors (Lipinski definition) is 1. The lowest BCUT2D eigenvalue weighted by Crippen LogP contribution is -1.86. The predicted octanol–water partition coefficient (Wildman–Crippen LogP) is 2.22. The van der Waals surface area contributed by atoms with E-state index < -0.39 is 0 Å². The maximum atomic E-state index is 5.31. The first-order valence-corrected chi connectivity index (χ1v) is 4.62. The van der Waals surface area contributed by atoms with Gasteiger partial charge < -0.3 is 4.74 Å². The summed E-state index contributed by atoms with van der Waals surface area (Å²) >= 11 is 0. The highest BCUT2D eigenvalue weighted by atomic mass is 16.6. The Morgan fingerprint density at radius 3 is 2.69 bits per heavy atom. The monoisotopic (exact) mass is 172 g/mol. The molecule has 0 amide bonds. The summed E-state index contributed by atoms with van der Waals surface area (Å²) in [5, 5.41) is 0. The molecule has 66 valence electrons. The molecule has 2 rings (SSSR count). The van der Waals surface area contributed by atoms with E-state index in [4.69, 9.17) is 4.74 Å². The number of ether oxygens (including phenoxy) is 1. The maximum Gasteiger partial charge on any atom is 0.145 e. The van der Waals surface area contributed by atoms with Gasteiger partial charge in [-0.3, -0.25) is 0 Å². The zero-order valence-electron chi connectivity index (χ0n) is 7.66. The summed E-state index contributed by atoms with van der Waals surface area (Å²) in [5.74, 6) is 6.20. The van der Waals surface area contributed by atoms with E-state index in [-0.39, 0.29) is 6.10 Å². The fourth-order valence-corrected chi connectivity index (χ4v) is 1.26. The van der Waals surface area contributed by atoms with Gasteiger partial charge in [0.25, 0.3) is 0 Å². The van der Waals surface area contributed by atoms with Crippen molar-refractivity contribution in [2.45, 2.75) is 25.6 Å². The minimum atomic E-state index is 0.185. The van der Waals surface area contributed by atoms with Gasteiger partial charge in [0, 0.05) is 5.56 Å². The molecule has 1 fully saturated rings. The molecule has 0 spiro atoms. The van der Waals surface area contributed by atoms with Crippen molar-refractivity contribution in [2.24, 2.45) is 0 Å². The molecule has 0 N–H and O–H groups in total. The van der Waals surface area contributed by atoms with Gasteiger partial charge in [-0.2, -0.15) is 0 Å². The smallest absolute Gasteiger partial charge is 0.145 e. The molecule has 0 radical (unpaired) electrons. The van der Waals surface area contributed by atoms with Crippen LogP contribution in [0.5, 0.6) is 0 Å². The van der Waals surface area contributed by atoms with Crippen LogP contribution in [0.15, 0.2) is 30.3 Å². The third kappa shape index (κ3) is 2.11. The second-order valence-electron chi connectivity index (χ2n) is 3.14. The average Bonchev–Trinajstić information content (AvgIpc) is 2.95. The van der Waals surface area contributed by atoms with E-state index >= 15 is 0 Å². The van der Waals surface area contributed by atoms with E-state index in [1.807, 2.05) is 30.3 Å². The second kappa shape index (κ2) is 3.64. The van der Waals surface area contributed by atoms with Gasteiger partial charge in [-0.25, -0.2) is 0 Å². The molecule has 1 heterocycles. The van der Waals surface area contributed by atoms with Crippen LogP contribution in [0.1, 0.15) is 18.9 Å². The molecule has 0 aliphatic carbocycles. The van der Waals surface area contributed by atoms with Crippen molar-refractivity contribution in [3.63, 3.8) is 0 Å². The van der Waals surface area contributed by atoms with E-state index in [2.05, 4.69) is 18.8 Å². The Hall–Kier alpha value is -1.26. The Morgan fingerprint density at radius 1 is 1.31 bits per heavy atom. The minimum absolute atomic E-state index is 0.185. The van der Waals surface area contributed by atoms with Gasteiger partial charge in [-0.05, 0) is 18.6 Å². The zero-order chi connectivity index (χ0) is 9.10. The number of rotatable bonds is 1. The highest BCUT2D eigenvalue weighted by Gasteiger charge is 2.35. The summed E-state index contributed by atoms with van der Waals surface area (Å²) < 4.78 is 5.31. The fraction of sp³-hybridized carbons (Fsp3) is 0.333. The van der Waals surface area contributed by atoms with E-state index in [1.54, 1.807) is 0 Å². The highest BCUT2D eigenvalue weighted by molar-refractivity contribution is 5.35. The molecule has 1 nitrogen and oxygen atoms in total. The normalized spacial score (nSPS) is 24.7. The second-order valence-corrected chi connectivity index (χ2v) is 3.14. The Bertz CT molecular complexity index is 331. The molecule has 2 atom stereocenters. The lowest BCUT2D eigenvalue weighted by Gasteiger charge is -1.84. The van der Waals surface area contributed by atoms with Crippen LogP contribution in [0.2, 0.25) is 0 Å². The van der Waals surface area contributed by atoms with Crippen molar-refractivity contribution >= 4 is 0 Å². The van der Waals surface area contributed by atoms with Crippen LogP contribution < -0.4 is 0 Å². The average molecular weight is 172 g/mol. The molecule has 1 aromatic rings. The Labute approximate surface area is 78.7 Å². The van der Waals surface area contributed by atoms with Gasteiger partial charge in [-0.15, -0.1) is 0 Å². The fourth-order valence-electron chi connectivity index (χ4n) is 1.26. The van der Waals surface area contributed by atoms with Crippen LogP contribution in [0.25, 0.3) is 0 Å². The van der Waals surface area contributed by atoms with Crippen LogP contribution in [0.4, 0.5) is 0 Å². The minimum Gasteiger partial charge on any atom is -0.356 e. The van der Waals surface area contributed by atoms with Gasteiger partial charge in [0.15, 0.2) is 0 Å². The number of hydrogen-bond donors (Lipinski definition) is 0. The quantitative estimate of drug-likeness (QED) is 0.467. The van der Waals surface area contributed by atoms with Crippen LogP contribution in [0.3, 0.4) is 0 Å². The topological polar surface area (TPSA) is 12.5 Å². The standard InChI is InChI=1S/C12H12O/c1-2-11-12(13-11)9-8-10-6-4-3-5-7-10/h3-7,11-12H,2H2,1H3/t11-,12-/m1/s1. The van der Waals surface area contributed by atoms with Gasteiger partial charge >= 0.3 is 0 Å². The first-order chi connectivity index (χ1) is 6.40. The highest BCUT2D eigenvalue weighted by Crippen LogP contribution is 2.23. The molecule has 1 aliphatic heterocycles. The molecule has 0 saturated carbocycles. The molecule has 0 aromatic heterocycles. The summed E-state index contributed by atoms with van der Waals surface area (Å²) in [6, 6.07) is 10.0. The summed E-state index contributed by atoms with van der Waals surface area (Å²) in [4.78, 5) is 0. The molecule has 1 saturated heterocycles. The number of epoxide rings is 1. The SMILES string of the molecule is CC[C@H]1O[C@@H]1C#Cc1ccccc1. The largest absolute Gasteiger partial charge is 0.356 e. The molecule has 0 unspecified atom stereocenters. The van der Waals surface area contributed by atoms with E-state index in [0.29, 0.717) is 6.10 Å². The molecule has 0 bridgehead atoms. The van der Waals surface area contributed by atoms with Gasteiger partial charge in [0.05, 0.1) is 6.10 Å². The number of benzene rings is 1. The van der Waals surface area contributed by atoms with Crippen molar-refractivity contribution in [1.29, 1.82) is 0 Å². The molecule has 1 heteroatoms. The van der Waals surface area contributed by atoms with E-state index in [9.17, 15) is 0 Å². The molecular weight excluding hydrogens is 160 g/mol. The summed E-state index contributed by atoms with van der Waals surface area (Å²) in [5.41, 5.74) is 1.06. The lowest BCUT2D eigenvalue weighted by atomic mass is 10.2. The first kappa shape index (κ1) is 8.34. The predicted molar refractivity (Wildman–Crippen MR) is 52.3 cm³/mol. The van der Waals surface area contributed by atoms with Crippen molar-refractivity contribution in [2.75, 3.05) is 0 Å². The summed E-state index contributed by atoms with van der Waals surface area (Å²) in [6.45, 7) is 2.12. The van der Waals surface area contributed by atoms with Crippen molar-refractivity contribution in [3.8, 4) is 11.8 Å². The third-order valence-corrected chi connectivity index (χ3v) is 2.12. The summed E-state index contributed by atoms with van der Waals surface area (Å²) in [6.07, 6.45) is 1.63. The van der Waals surface area contributed by atoms with Gasteiger partial charge in [-0.1, -0.05) is 37.0 Å². The summed E-state index contributed by atoms with van der Waals surface area (Å²) in [7, 11) is 0. The van der Waals surface area contributed by atoms with Crippen LogP contribution in [-0.4, -0.2) is 12.2 Å². The van der Waals surface area contributed by atoms with Gasteiger partial charge in [0.2, 0.25) is 0 Å². The van der Waals surface area contributed by atoms with Crippen molar-refractivity contribution in [1.82, 2.24) is 0 Å². The van der Waals surface area contributed by atoms with Crippen LogP contribution in [0, 0.1) is 11.8 Å². The molecule has 1 aliphatic rings. The van der Waals surface area contributed by atoms with Crippen molar-refractivity contribution < 1.29 is 4.74 Å². The molecule has 13 heavy (non-hydrogen) atoms. The Balaban J connectivity index is 1.99.